The van der Waals surface area contributed by atoms with Crippen molar-refractivity contribution < 1.29 is 9.47 Å². The van der Waals surface area contributed by atoms with E-state index < -0.39 is 0 Å². The van der Waals surface area contributed by atoms with Crippen LogP contribution in [0.2, 0.25) is 0 Å². The molecule has 0 spiro atoms. The zero-order valence-corrected chi connectivity index (χ0v) is 10.6. The van der Waals surface area contributed by atoms with Crippen LogP contribution in [-0.4, -0.2) is 27.4 Å². The van der Waals surface area contributed by atoms with Crippen LogP contribution in [0.15, 0.2) is 22.7 Å². The van der Waals surface area contributed by atoms with E-state index in [0.29, 0.717) is 0 Å². The molecule has 0 aliphatic carbocycles. The van der Waals surface area contributed by atoms with Gasteiger partial charge in [0, 0.05) is 25.9 Å². The van der Waals surface area contributed by atoms with Crippen LogP contribution in [0.3, 0.4) is 0 Å². The Labute approximate surface area is 98.9 Å². The molecule has 0 saturated heterocycles. The first-order valence-corrected chi connectivity index (χ1v) is 5.63. The minimum Gasteiger partial charge on any atom is -0.496 e. The standard InChI is InChI=1S/C11H16BrNO2/c1-14-7-3-6-13-9-4-5-11(15-2)10(12)8-9/h4-5,8,13H,3,6-7H2,1-2H3. The van der Waals surface area contributed by atoms with E-state index >= 15 is 0 Å². The van der Waals surface area contributed by atoms with Crippen molar-refractivity contribution in [3.8, 4) is 5.75 Å². The second-order valence-corrected chi connectivity index (χ2v) is 3.98. The van der Waals surface area contributed by atoms with Crippen molar-refractivity contribution >= 4 is 21.6 Å². The van der Waals surface area contributed by atoms with Crippen LogP contribution in [-0.2, 0) is 4.74 Å². The average Bonchev–Trinajstić information content (AvgIpc) is 2.25. The van der Waals surface area contributed by atoms with Crippen molar-refractivity contribution in [2.75, 3.05) is 32.7 Å². The number of hydrogen-bond donors (Lipinski definition) is 1. The first-order chi connectivity index (χ1) is 7.27. The third kappa shape index (κ3) is 4.10. The summed E-state index contributed by atoms with van der Waals surface area (Å²) in [7, 11) is 3.37. The van der Waals surface area contributed by atoms with Crippen molar-refractivity contribution in [3.05, 3.63) is 22.7 Å². The van der Waals surface area contributed by atoms with Crippen LogP contribution >= 0.6 is 15.9 Å². The SMILES string of the molecule is COCCCNc1ccc(OC)c(Br)c1. The highest BCUT2D eigenvalue weighted by Gasteiger charge is 2.00. The average molecular weight is 274 g/mol. The molecule has 4 heteroatoms. The molecule has 0 bridgehead atoms. The number of halogens is 1. The normalized spacial score (nSPS) is 10.1. The van der Waals surface area contributed by atoms with Gasteiger partial charge < -0.3 is 14.8 Å². The number of hydrogen-bond acceptors (Lipinski definition) is 3. The maximum Gasteiger partial charge on any atom is 0.133 e. The highest BCUT2D eigenvalue weighted by atomic mass is 79.9. The minimum absolute atomic E-state index is 0.782. The second kappa shape index (κ2) is 6.69. The molecule has 1 aromatic rings. The fraction of sp³-hybridized carbons (Fsp3) is 0.455. The molecule has 0 fully saturated rings. The van der Waals surface area contributed by atoms with E-state index in [-0.39, 0.29) is 0 Å². The van der Waals surface area contributed by atoms with Crippen molar-refractivity contribution in [3.63, 3.8) is 0 Å². The maximum atomic E-state index is 5.15. The number of anilines is 1. The molecule has 0 unspecified atom stereocenters. The van der Waals surface area contributed by atoms with Gasteiger partial charge >= 0.3 is 0 Å². The lowest BCUT2D eigenvalue weighted by Gasteiger charge is -2.08. The number of ether oxygens (including phenoxy) is 2. The van der Waals surface area contributed by atoms with Gasteiger partial charge in [0.25, 0.3) is 0 Å². The molecular formula is C11H16BrNO2. The van der Waals surface area contributed by atoms with Crippen LogP contribution in [0.25, 0.3) is 0 Å². The zero-order valence-electron chi connectivity index (χ0n) is 9.05. The minimum atomic E-state index is 0.782. The summed E-state index contributed by atoms with van der Waals surface area (Å²) in [6, 6.07) is 5.94. The molecule has 84 valence electrons. The third-order valence-electron chi connectivity index (χ3n) is 2.01. The molecule has 1 aromatic carbocycles. The Bertz CT molecular complexity index is 305. The number of methoxy groups -OCH3 is 2. The van der Waals surface area contributed by atoms with Gasteiger partial charge in [-0.25, -0.2) is 0 Å². The molecule has 0 aliphatic heterocycles. The molecule has 0 amide bonds. The van der Waals surface area contributed by atoms with Crippen LogP contribution in [0.4, 0.5) is 5.69 Å². The van der Waals surface area contributed by atoms with Crippen LogP contribution in [0.5, 0.6) is 5.75 Å². The summed E-state index contributed by atoms with van der Waals surface area (Å²) in [5.74, 6) is 0.845. The Morgan fingerprint density at radius 3 is 2.73 bits per heavy atom. The van der Waals surface area contributed by atoms with Crippen molar-refractivity contribution in [1.29, 1.82) is 0 Å². The van der Waals surface area contributed by atoms with Gasteiger partial charge in [-0.3, -0.25) is 0 Å². The summed E-state index contributed by atoms with van der Waals surface area (Å²) < 4.78 is 11.1. The van der Waals surface area contributed by atoms with Crippen molar-refractivity contribution in [1.82, 2.24) is 0 Å². The smallest absolute Gasteiger partial charge is 0.133 e. The van der Waals surface area contributed by atoms with Gasteiger partial charge in [0.2, 0.25) is 0 Å². The highest BCUT2D eigenvalue weighted by Crippen LogP contribution is 2.27. The van der Waals surface area contributed by atoms with E-state index in [0.717, 1.165) is 35.5 Å². The number of benzene rings is 1. The van der Waals surface area contributed by atoms with Crippen LogP contribution in [0.1, 0.15) is 6.42 Å². The molecule has 3 nitrogen and oxygen atoms in total. The van der Waals surface area contributed by atoms with Gasteiger partial charge in [-0.15, -0.1) is 0 Å². The first kappa shape index (κ1) is 12.3. The number of rotatable bonds is 6. The lowest BCUT2D eigenvalue weighted by molar-refractivity contribution is 0.198. The molecular weight excluding hydrogens is 258 g/mol. The third-order valence-corrected chi connectivity index (χ3v) is 2.63. The lowest BCUT2D eigenvalue weighted by atomic mass is 10.3. The van der Waals surface area contributed by atoms with Crippen LogP contribution < -0.4 is 10.1 Å². The van der Waals surface area contributed by atoms with E-state index in [1.165, 1.54) is 0 Å². The summed E-state index contributed by atoms with van der Waals surface area (Å²) in [6.07, 6.45) is 1.00. The fourth-order valence-corrected chi connectivity index (χ4v) is 1.77. The molecule has 0 heterocycles. The summed E-state index contributed by atoms with van der Waals surface area (Å²) in [4.78, 5) is 0. The van der Waals surface area contributed by atoms with E-state index in [1.807, 2.05) is 18.2 Å². The Hall–Kier alpha value is -0.740. The largest absolute Gasteiger partial charge is 0.496 e. The molecule has 0 atom stereocenters. The summed E-state index contributed by atoms with van der Waals surface area (Å²) >= 11 is 3.44. The van der Waals surface area contributed by atoms with Gasteiger partial charge in [0.15, 0.2) is 0 Å². The molecule has 0 saturated carbocycles. The van der Waals surface area contributed by atoms with E-state index in [2.05, 4.69) is 21.2 Å². The van der Waals surface area contributed by atoms with Gasteiger partial charge in [-0.05, 0) is 40.5 Å². The van der Waals surface area contributed by atoms with Crippen molar-refractivity contribution in [2.45, 2.75) is 6.42 Å². The van der Waals surface area contributed by atoms with Gasteiger partial charge in [0.1, 0.15) is 5.75 Å². The fourth-order valence-electron chi connectivity index (χ4n) is 1.23. The zero-order chi connectivity index (χ0) is 11.1. The summed E-state index contributed by atoms with van der Waals surface area (Å²) in [5, 5.41) is 3.31. The van der Waals surface area contributed by atoms with Crippen molar-refractivity contribution in [2.24, 2.45) is 0 Å². The maximum absolute atomic E-state index is 5.15. The first-order valence-electron chi connectivity index (χ1n) is 4.84. The predicted molar refractivity (Wildman–Crippen MR) is 65.7 cm³/mol. The van der Waals surface area contributed by atoms with Gasteiger partial charge in [-0.2, -0.15) is 0 Å². The quantitative estimate of drug-likeness (QED) is 0.809. The van der Waals surface area contributed by atoms with Crippen LogP contribution in [0, 0.1) is 0 Å². The Balaban J connectivity index is 2.45. The molecule has 1 N–H and O–H groups in total. The molecule has 0 radical (unpaired) electrons. The molecule has 15 heavy (non-hydrogen) atoms. The molecule has 0 aliphatic rings. The molecule has 0 aromatic heterocycles. The topological polar surface area (TPSA) is 30.5 Å². The predicted octanol–water partition coefficient (Wildman–Crippen LogP) is 2.91. The molecule has 1 rings (SSSR count). The summed E-state index contributed by atoms with van der Waals surface area (Å²) in [6.45, 7) is 1.69. The monoisotopic (exact) mass is 273 g/mol. The lowest BCUT2D eigenvalue weighted by Crippen LogP contribution is -2.04. The van der Waals surface area contributed by atoms with E-state index in [4.69, 9.17) is 9.47 Å². The van der Waals surface area contributed by atoms with E-state index in [1.54, 1.807) is 14.2 Å². The van der Waals surface area contributed by atoms with Gasteiger partial charge in [-0.1, -0.05) is 0 Å². The second-order valence-electron chi connectivity index (χ2n) is 3.12. The van der Waals surface area contributed by atoms with E-state index in [9.17, 15) is 0 Å². The highest BCUT2D eigenvalue weighted by molar-refractivity contribution is 9.10. The Morgan fingerprint density at radius 1 is 1.33 bits per heavy atom. The summed E-state index contributed by atoms with van der Waals surface area (Å²) in [5.41, 5.74) is 1.08. The number of nitrogens with one attached hydrogen (secondary N) is 1. The Kier molecular flexibility index (Phi) is 5.50. The Morgan fingerprint density at radius 2 is 2.13 bits per heavy atom. The van der Waals surface area contributed by atoms with Gasteiger partial charge in [0.05, 0.1) is 11.6 Å².